The third-order valence-corrected chi connectivity index (χ3v) is 3.86. The molecule has 2 nitrogen and oxygen atoms in total. The van der Waals surface area contributed by atoms with Gasteiger partial charge in [0.25, 0.3) is 0 Å². The number of nitrogens with one attached hydrogen (secondary N) is 1. The average Bonchev–Trinajstić information content (AvgIpc) is 2.41. The van der Waals surface area contributed by atoms with Crippen molar-refractivity contribution in [1.82, 2.24) is 5.32 Å². The van der Waals surface area contributed by atoms with Gasteiger partial charge in [-0.3, -0.25) is 0 Å². The summed E-state index contributed by atoms with van der Waals surface area (Å²) < 4.78 is 1.19. The Morgan fingerprint density at radius 1 is 1.62 bits per heavy atom. The van der Waals surface area contributed by atoms with Gasteiger partial charge in [0, 0.05) is 27.4 Å². The van der Waals surface area contributed by atoms with Gasteiger partial charge in [-0.1, -0.05) is 0 Å². The van der Waals surface area contributed by atoms with E-state index in [4.69, 9.17) is 5.11 Å². The molecule has 1 rings (SSSR count). The summed E-state index contributed by atoms with van der Waals surface area (Å²) in [5, 5.41) is 11.8. The fourth-order valence-corrected chi connectivity index (χ4v) is 2.59. The van der Waals surface area contributed by atoms with Gasteiger partial charge in [0.05, 0.1) is 0 Å². The van der Waals surface area contributed by atoms with Gasteiger partial charge in [-0.2, -0.15) is 0 Å². The van der Waals surface area contributed by atoms with Crippen LogP contribution < -0.4 is 5.32 Å². The second kappa shape index (κ2) is 5.75. The van der Waals surface area contributed by atoms with E-state index in [0.29, 0.717) is 0 Å². The third-order valence-electron chi connectivity index (χ3n) is 1.72. The zero-order valence-corrected chi connectivity index (χ0v) is 10.0. The van der Waals surface area contributed by atoms with Crippen LogP contribution in [0.5, 0.6) is 0 Å². The molecular weight excluding hydrogens is 250 g/mol. The molecule has 13 heavy (non-hydrogen) atoms. The summed E-state index contributed by atoms with van der Waals surface area (Å²) in [4.78, 5) is 2.65. The first-order chi connectivity index (χ1) is 6.24. The van der Waals surface area contributed by atoms with Crippen molar-refractivity contribution in [1.29, 1.82) is 0 Å². The molecule has 74 valence electrons. The van der Waals surface area contributed by atoms with Gasteiger partial charge in [0.2, 0.25) is 0 Å². The van der Waals surface area contributed by atoms with E-state index >= 15 is 0 Å². The maximum absolute atomic E-state index is 8.57. The van der Waals surface area contributed by atoms with Gasteiger partial charge in [0.15, 0.2) is 0 Å². The summed E-state index contributed by atoms with van der Waals surface area (Å²) in [6.45, 7) is 4.15. The van der Waals surface area contributed by atoms with E-state index in [1.54, 1.807) is 11.3 Å². The van der Waals surface area contributed by atoms with E-state index in [1.165, 1.54) is 14.2 Å². The van der Waals surface area contributed by atoms with Crippen LogP contribution in [-0.2, 0) is 6.54 Å². The highest BCUT2D eigenvalue weighted by Gasteiger charge is 2.01. The molecule has 0 spiro atoms. The molecule has 0 radical (unpaired) electrons. The second-order valence-electron chi connectivity index (χ2n) is 2.87. The van der Waals surface area contributed by atoms with Crippen molar-refractivity contribution in [2.24, 2.45) is 0 Å². The predicted molar refractivity (Wildman–Crippen MR) is 60.2 cm³/mol. The first-order valence-corrected chi connectivity index (χ1v) is 5.91. The number of thiophene rings is 1. The number of hydrogen-bond acceptors (Lipinski definition) is 3. The van der Waals surface area contributed by atoms with Gasteiger partial charge < -0.3 is 10.4 Å². The minimum absolute atomic E-state index is 0.264. The van der Waals surface area contributed by atoms with Crippen LogP contribution in [0.1, 0.15) is 16.2 Å². The molecule has 0 atom stereocenters. The fourth-order valence-electron chi connectivity index (χ4n) is 1.02. The van der Waals surface area contributed by atoms with Gasteiger partial charge >= 0.3 is 0 Å². The highest BCUT2D eigenvalue weighted by molar-refractivity contribution is 9.10. The second-order valence-corrected chi connectivity index (χ2v) is 5.07. The molecular formula is C9H14BrNOS. The first kappa shape index (κ1) is 11.2. The number of rotatable bonds is 5. The lowest BCUT2D eigenvalue weighted by atomic mass is 10.4. The Labute approximate surface area is 91.1 Å². The van der Waals surface area contributed by atoms with Crippen molar-refractivity contribution in [3.05, 3.63) is 20.3 Å². The standard InChI is InChI=1S/C9H14BrNOS/c1-7-9(10)5-8(13-7)6-11-3-2-4-12/h5,11-12H,2-4,6H2,1H3. The molecule has 0 saturated carbocycles. The van der Waals surface area contributed by atoms with Crippen LogP contribution in [0.4, 0.5) is 0 Å². The van der Waals surface area contributed by atoms with Crippen molar-refractivity contribution in [3.63, 3.8) is 0 Å². The summed E-state index contributed by atoms with van der Waals surface area (Å²) in [5.41, 5.74) is 0. The molecule has 0 aliphatic heterocycles. The molecule has 1 aromatic rings. The van der Waals surface area contributed by atoms with E-state index in [0.717, 1.165) is 19.5 Å². The van der Waals surface area contributed by atoms with Crippen LogP contribution in [0, 0.1) is 6.92 Å². The van der Waals surface area contributed by atoms with Gasteiger partial charge in [-0.25, -0.2) is 0 Å². The maximum Gasteiger partial charge on any atom is 0.0443 e. The normalized spacial score (nSPS) is 10.7. The Bertz CT molecular complexity index is 243. The molecule has 0 aliphatic carbocycles. The largest absolute Gasteiger partial charge is 0.396 e. The van der Waals surface area contributed by atoms with Crippen LogP contribution in [0.2, 0.25) is 0 Å². The number of aryl methyl sites for hydroxylation is 1. The molecule has 1 heterocycles. The summed E-state index contributed by atoms with van der Waals surface area (Å²) in [7, 11) is 0. The Kier molecular flexibility index (Phi) is 4.94. The quantitative estimate of drug-likeness (QED) is 0.800. The number of aliphatic hydroxyl groups is 1. The molecule has 0 aliphatic rings. The van der Waals surface area contributed by atoms with Crippen molar-refractivity contribution < 1.29 is 5.11 Å². The van der Waals surface area contributed by atoms with Crippen molar-refractivity contribution >= 4 is 27.3 Å². The van der Waals surface area contributed by atoms with E-state index in [-0.39, 0.29) is 6.61 Å². The molecule has 1 aromatic heterocycles. The molecule has 0 unspecified atom stereocenters. The van der Waals surface area contributed by atoms with Crippen LogP contribution in [0.25, 0.3) is 0 Å². The van der Waals surface area contributed by atoms with Crippen molar-refractivity contribution in [2.75, 3.05) is 13.2 Å². The van der Waals surface area contributed by atoms with Crippen LogP contribution in [-0.4, -0.2) is 18.3 Å². The Hall–Kier alpha value is 0.100. The monoisotopic (exact) mass is 263 g/mol. The van der Waals surface area contributed by atoms with E-state index in [2.05, 4.69) is 34.2 Å². The zero-order valence-electron chi connectivity index (χ0n) is 7.64. The lowest BCUT2D eigenvalue weighted by Gasteiger charge is -1.99. The highest BCUT2D eigenvalue weighted by atomic mass is 79.9. The number of halogens is 1. The smallest absolute Gasteiger partial charge is 0.0443 e. The molecule has 0 amide bonds. The topological polar surface area (TPSA) is 32.3 Å². The third kappa shape index (κ3) is 3.77. The predicted octanol–water partition coefficient (Wildman–Crippen LogP) is 2.29. The summed E-state index contributed by atoms with van der Waals surface area (Å²) in [6.07, 6.45) is 0.825. The van der Waals surface area contributed by atoms with Crippen molar-refractivity contribution in [3.8, 4) is 0 Å². The average molecular weight is 264 g/mol. The van der Waals surface area contributed by atoms with Crippen molar-refractivity contribution in [2.45, 2.75) is 19.9 Å². The lowest BCUT2D eigenvalue weighted by Crippen LogP contribution is -2.14. The SMILES string of the molecule is Cc1sc(CNCCCO)cc1Br. The number of aliphatic hydroxyl groups excluding tert-OH is 1. The highest BCUT2D eigenvalue weighted by Crippen LogP contribution is 2.25. The lowest BCUT2D eigenvalue weighted by molar-refractivity contribution is 0.286. The molecule has 0 aromatic carbocycles. The Morgan fingerprint density at radius 3 is 2.92 bits per heavy atom. The van der Waals surface area contributed by atoms with Gasteiger partial charge in [-0.05, 0) is 41.9 Å². The number of hydrogen-bond donors (Lipinski definition) is 2. The minimum Gasteiger partial charge on any atom is -0.396 e. The van der Waals surface area contributed by atoms with Gasteiger partial charge in [0.1, 0.15) is 0 Å². The Balaban J connectivity index is 2.29. The first-order valence-electron chi connectivity index (χ1n) is 4.30. The van der Waals surface area contributed by atoms with Crippen LogP contribution in [0.15, 0.2) is 10.5 Å². The maximum atomic E-state index is 8.57. The summed E-state index contributed by atoms with van der Waals surface area (Å²) >= 11 is 5.28. The Morgan fingerprint density at radius 2 is 2.38 bits per heavy atom. The molecule has 4 heteroatoms. The molecule has 0 fully saturated rings. The zero-order chi connectivity index (χ0) is 9.68. The van der Waals surface area contributed by atoms with E-state index in [9.17, 15) is 0 Å². The summed E-state index contributed by atoms with van der Waals surface area (Å²) in [6, 6.07) is 2.14. The van der Waals surface area contributed by atoms with E-state index in [1.807, 2.05) is 0 Å². The van der Waals surface area contributed by atoms with Gasteiger partial charge in [-0.15, -0.1) is 11.3 Å². The fraction of sp³-hybridized carbons (Fsp3) is 0.556. The summed E-state index contributed by atoms with van der Waals surface area (Å²) in [5.74, 6) is 0. The minimum atomic E-state index is 0.264. The molecule has 0 saturated heterocycles. The molecule has 2 N–H and O–H groups in total. The van der Waals surface area contributed by atoms with Crippen LogP contribution in [0.3, 0.4) is 0 Å². The molecule has 0 bridgehead atoms. The van der Waals surface area contributed by atoms with E-state index < -0.39 is 0 Å². The van der Waals surface area contributed by atoms with Crippen LogP contribution >= 0.6 is 27.3 Å².